The number of rotatable bonds is 5. The molecule has 0 amide bonds. The molecule has 1 aromatic carbocycles. The maximum absolute atomic E-state index is 13.7. The lowest BCUT2D eigenvalue weighted by Crippen LogP contribution is -2.35. The van der Waals surface area contributed by atoms with E-state index in [1.165, 1.54) is 13.0 Å². The fraction of sp³-hybridized carbons (Fsp3) is 0.467. The Hall–Kier alpha value is -1.59. The minimum atomic E-state index is -0.568. The highest BCUT2D eigenvalue weighted by atomic mass is 19.1. The SMILES string of the molecule is CC(=O)CC(=O)c1cc(CN2CCOCC2)ccc1F. The van der Waals surface area contributed by atoms with E-state index in [0.717, 1.165) is 18.7 Å². The van der Waals surface area contributed by atoms with E-state index in [9.17, 15) is 14.0 Å². The third kappa shape index (κ3) is 3.95. The van der Waals surface area contributed by atoms with Gasteiger partial charge in [-0.05, 0) is 24.6 Å². The van der Waals surface area contributed by atoms with Gasteiger partial charge >= 0.3 is 0 Å². The number of carbonyl (C=O) groups is 2. The molecule has 0 spiro atoms. The lowest BCUT2D eigenvalue weighted by molar-refractivity contribution is -0.116. The number of halogens is 1. The van der Waals surface area contributed by atoms with Crippen molar-refractivity contribution in [3.8, 4) is 0 Å². The lowest BCUT2D eigenvalue weighted by atomic mass is 10.0. The summed E-state index contributed by atoms with van der Waals surface area (Å²) in [5.41, 5.74) is 0.881. The molecule has 1 aliphatic heterocycles. The number of hydrogen-bond donors (Lipinski definition) is 0. The van der Waals surface area contributed by atoms with Crippen LogP contribution >= 0.6 is 0 Å². The van der Waals surface area contributed by atoms with E-state index in [4.69, 9.17) is 4.74 Å². The first-order chi connectivity index (χ1) is 9.56. The van der Waals surface area contributed by atoms with Crippen LogP contribution < -0.4 is 0 Å². The summed E-state index contributed by atoms with van der Waals surface area (Å²) >= 11 is 0. The van der Waals surface area contributed by atoms with Gasteiger partial charge in [-0.2, -0.15) is 0 Å². The van der Waals surface area contributed by atoms with Gasteiger partial charge in [0, 0.05) is 19.6 Å². The van der Waals surface area contributed by atoms with Crippen molar-refractivity contribution in [3.63, 3.8) is 0 Å². The molecule has 20 heavy (non-hydrogen) atoms. The smallest absolute Gasteiger partial charge is 0.173 e. The number of ether oxygens (including phenoxy) is 1. The Bertz CT molecular complexity index is 510. The molecule has 0 aliphatic carbocycles. The molecule has 0 N–H and O–H groups in total. The van der Waals surface area contributed by atoms with Crippen molar-refractivity contribution in [2.24, 2.45) is 0 Å². The molecule has 0 saturated carbocycles. The average molecular weight is 279 g/mol. The van der Waals surface area contributed by atoms with Crippen molar-refractivity contribution in [2.75, 3.05) is 26.3 Å². The maximum atomic E-state index is 13.7. The third-order valence-corrected chi connectivity index (χ3v) is 3.25. The van der Waals surface area contributed by atoms with Crippen molar-refractivity contribution in [3.05, 3.63) is 35.1 Å². The van der Waals surface area contributed by atoms with Gasteiger partial charge in [0.15, 0.2) is 5.78 Å². The first kappa shape index (κ1) is 14.8. The zero-order chi connectivity index (χ0) is 14.5. The predicted molar refractivity (Wildman–Crippen MR) is 72.1 cm³/mol. The van der Waals surface area contributed by atoms with Crippen LogP contribution in [0.25, 0.3) is 0 Å². The number of nitrogens with zero attached hydrogens (tertiary/aromatic N) is 1. The fourth-order valence-corrected chi connectivity index (χ4v) is 2.22. The van der Waals surface area contributed by atoms with Crippen molar-refractivity contribution < 1.29 is 18.7 Å². The Morgan fingerprint density at radius 3 is 2.65 bits per heavy atom. The zero-order valence-corrected chi connectivity index (χ0v) is 11.5. The number of morpholine rings is 1. The molecule has 1 fully saturated rings. The van der Waals surface area contributed by atoms with Crippen molar-refractivity contribution in [1.29, 1.82) is 0 Å². The molecule has 108 valence electrons. The lowest BCUT2D eigenvalue weighted by Gasteiger charge is -2.26. The van der Waals surface area contributed by atoms with Gasteiger partial charge in [-0.25, -0.2) is 4.39 Å². The summed E-state index contributed by atoms with van der Waals surface area (Å²) in [5.74, 6) is -1.28. The van der Waals surface area contributed by atoms with Crippen molar-refractivity contribution in [1.82, 2.24) is 4.90 Å². The van der Waals surface area contributed by atoms with Crippen molar-refractivity contribution in [2.45, 2.75) is 19.9 Å². The Kier molecular flexibility index (Phi) is 4.98. The molecule has 2 rings (SSSR count). The van der Waals surface area contributed by atoms with Crippen LogP contribution in [0.5, 0.6) is 0 Å². The van der Waals surface area contributed by atoms with Crippen LogP contribution in [0.1, 0.15) is 29.3 Å². The first-order valence-corrected chi connectivity index (χ1v) is 6.67. The highest BCUT2D eigenvalue weighted by Gasteiger charge is 2.16. The van der Waals surface area contributed by atoms with E-state index >= 15 is 0 Å². The molecule has 5 heteroatoms. The highest BCUT2D eigenvalue weighted by molar-refractivity contribution is 6.07. The topological polar surface area (TPSA) is 46.6 Å². The Labute approximate surface area is 117 Å². The zero-order valence-electron chi connectivity index (χ0n) is 11.5. The second kappa shape index (κ2) is 6.72. The molecular weight excluding hydrogens is 261 g/mol. The molecule has 0 unspecified atom stereocenters. The van der Waals surface area contributed by atoms with Gasteiger partial charge in [0.05, 0.1) is 25.2 Å². The second-order valence-electron chi connectivity index (χ2n) is 5.00. The summed E-state index contributed by atoms with van der Waals surface area (Å²) in [5, 5.41) is 0. The minimum Gasteiger partial charge on any atom is -0.379 e. The van der Waals surface area contributed by atoms with Crippen LogP contribution in [-0.2, 0) is 16.1 Å². The summed E-state index contributed by atoms with van der Waals surface area (Å²) in [6, 6.07) is 4.52. The predicted octanol–water partition coefficient (Wildman–Crippen LogP) is 1.82. The molecule has 1 aliphatic rings. The van der Waals surface area contributed by atoms with Gasteiger partial charge in [0.1, 0.15) is 11.6 Å². The summed E-state index contributed by atoms with van der Waals surface area (Å²) in [6.07, 6.45) is -0.252. The van der Waals surface area contributed by atoms with Crippen LogP contribution in [0.4, 0.5) is 4.39 Å². The van der Waals surface area contributed by atoms with Crippen LogP contribution in [0.15, 0.2) is 18.2 Å². The van der Waals surface area contributed by atoms with Gasteiger partial charge in [-0.1, -0.05) is 6.07 Å². The molecule has 0 atom stereocenters. The number of hydrogen-bond acceptors (Lipinski definition) is 4. The van der Waals surface area contributed by atoms with E-state index in [1.807, 2.05) is 0 Å². The molecule has 1 aromatic rings. The summed E-state index contributed by atoms with van der Waals surface area (Å²) in [4.78, 5) is 25.0. The van der Waals surface area contributed by atoms with Crippen LogP contribution in [0, 0.1) is 5.82 Å². The van der Waals surface area contributed by atoms with Crippen LogP contribution in [0.3, 0.4) is 0 Å². The average Bonchev–Trinajstić information content (AvgIpc) is 2.41. The molecule has 0 radical (unpaired) electrons. The molecule has 0 bridgehead atoms. The van der Waals surface area contributed by atoms with E-state index in [-0.39, 0.29) is 17.8 Å². The number of Topliss-reactive ketones (excluding diaryl/α,β-unsaturated/α-hetero) is 2. The molecule has 1 heterocycles. The summed E-state index contributed by atoms with van der Waals surface area (Å²) in [6.45, 7) is 5.02. The van der Waals surface area contributed by atoms with E-state index in [2.05, 4.69) is 4.90 Å². The first-order valence-electron chi connectivity index (χ1n) is 6.67. The largest absolute Gasteiger partial charge is 0.379 e. The molecule has 1 saturated heterocycles. The van der Waals surface area contributed by atoms with Gasteiger partial charge in [-0.15, -0.1) is 0 Å². The molecule has 4 nitrogen and oxygen atoms in total. The number of carbonyl (C=O) groups excluding carboxylic acids is 2. The monoisotopic (exact) mass is 279 g/mol. The normalized spacial score (nSPS) is 16.1. The van der Waals surface area contributed by atoms with Gasteiger partial charge in [0.2, 0.25) is 0 Å². The fourth-order valence-electron chi connectivity index (χ4n) is 2.22. The minimum absolute atomic E-state index is 0.00552. The van der Waals surface area contributed by atoms with E-state index < -0.39 is 11.6 Å². The maximum Gasteiger partial charge on any atom is 0.173 e. The summed E-state index contributed by atoms with van der Waals surface area (Å²) < 4.78 is 19.0. The van der Waals surface area contributed by atoms with Gasteiger partial charge < -0.3 is 4.74 Å². The van der Waals surface area contributed by atoms with E-state index in [0.29, 0.717) is 19.8 Å². The Morgan fingerprint density at radius 1 is 1.30 bits per heavy atom. The van der Waals surface area contributed by atoms with E-state index in [1.54, 1.807) is 12.1 Å². The number of benzene rings is 1. The van der Waals surface area contributed by atoms with Gasteiger partial charge in [-0.3, -0.25) is 14.5 Å². The van der Waals surface area contributed by atoms with Crippen LogP contribution in [0.2, 0.25) is 0 Å². The molecular formula is C15H18FNO3. The Morgan fingerprint density at radius 2 is 2.00 bits per heavy atom. The van der Waals surface area contributed by atoms with Gasteiger partial charge in [0.25, 0.3) is 0 Å². The highest BCUT2D eigenvalue weighted by Crippen LogP contribution is 2.15. The number of ketones is 2. The standard InChI is InChI=1S/C15H18FNO3/c1-11(18)8-15(19)13-9-12(2-3-14(13)16)10-17-4-6-20-7-5-17/h2-3,9H,4-8,10H2,1H3. The quantitative estimate of drug-likeness (QED) is 0.609. The van der Waals surface area contributed by atoms with Crippen LogP contribution in [-0.4, -0.2) is 42.8 Å². The molecule has 0 aromatic heterocycles. The second-order valence-corrected chi connectivity index (χ2v) is 5.00. The van der Waals surface area contributed by atoms with Crippen molar-refractivity contribution >= 4 is 11.6 Å². The third-order valence-electron chi connectivity index (χ3n) is 3.25. The Balaban J connectivity index is 2.11. The summed E-state index contributed by atoms with van der Waals surface area (Å²) in [7, 11) is 0.